The minimum atomic E-state index is -0.0568. The van der Waals surface area contributed by atoms with Gasteiger partial charge in [-0.25, -0.2) is 0 Å². The molecular weight excluding hydrogens is 721 g/mol. The number of imidazole rings is 2. The average molecular weight is 759 g/mol. The molecule has 0 saturated carbocycles. The predicted molar refractivity (Wildman–Crippen MR) is 242 cm³/mol. The van der Waals surface area contributed by atoms with E-state index >= 15 is 0 Å². The highest BCUT2D eigenvalue weighted by atomic mass is 16.3. The lowest BCUT2D eigenvalue weighted by Gasteiger charge is -2.26. The van der Waals surface area contributed by atoms with Gasteiger partial charge in [0, 0.05) is 33.6 Å². The lowest BCUT2D eigenvalue weighted by atomic mass is 9.81. The van der Waals surface area contributed by atoms with E-state index in [9.17, 15) is 0 Å². The molecule has 1 aliphatic rings. The van der Waals surface area contributed by atoms with Crippen LogP contribution in [-0.2, 0) is 5.41 Å². The molecule has 0 amide bonds. The number of para-hydroxylation sites is 2. The Hall–Kier alpha value is -7.63. The standard InChI is InChI=1S/C54H38N4O/c1-54(2)46-19-11-9-17-43(46)44-31-25-38(33-47(44)54)37-23-28-41(29-24-37)56(40-26-21-36(22-27-40)35-13-5-3-6-14-35)42-30-32-48-49(34-42)57(39-15-7-4-8-16-39)53-55-52-51(58(48)53)45-18-10-12-20-50(45)59-52/h3-34H,1-2H3. The van der Waals surface area contributed by atoms with Gasteiger partial charge in [0.2, 0.25) is 11.5 Å². The van der Waals surface area contributed by atoms with E-state index in [-0.39, 0.29) is 5.41 Å². The average Bonchev–Trinajstić information content (AvgIpc) is 3.99. The molecule has 0 saturated heterocycles. The van der Waals surface area contributed by atoms with Crippen molar-refractivity contribution in [2.45, 2.75) is 19.3 Å². The van der Waals surface area contributed by atoms with Gasteiger partial charge in [0.05, 0.1) is 11.0 Å². The van der Waals surface area contributed by atoms with Crippen molar-refractivity contribution >= 4 is 56.1 Å². The molecule has 0 unspecified atom stereocenters. The molecule has 0 spiro atoms. The Balaban J connectivity index is 1.02. The molecule has 8 aromatic carbocycles. The zero-order valence-electron chi connectivity index (χ0n) is 32.7. The summed E-state index contributed by atoms with van der Waals surface area (Å²) in [6.45, 7) is 4.68. The van der Waals surface area contributed by atoms with Crippen molar-refractivity contribution in [1.29, 1.82) is 0 Å². The number of hydrogen-bond donors (Lipinski definition) is 0. The summed E-state index contributed by atoms with van der Waals surface area (Å²) in [5.41, 5.74) is 18.9. The van der Waals surface area contributed by atoms with Gasteiger partial charge in [-0.1, -0.05) is 135 Å². The highest BCUT2D eigenvalue weighted by molar-refractivity contribution is 6.06. The van der Waals surface area contributed by atoms with Crippen molar-refractivity contribution in [3.63, 3.8) is 0 Å². The first-order chi connectivity index (χ1) is 29.0. The van der Waals surface area contributed by atoms with Gasteiger partial charge in [0.15, 0.2) is 0 Å². The van der Waals surface area contributed by atoms with E-state index in [2.05, 4.69) is 210 Å². The number of hydrogen-bond acceptors (Lipinski definition) is 3. The topological polar surface area (TPSA) is 38.6 Å². The Bertz CT molecular complexity index is 3390. The fourth-order valence-corrected chi connectivity index (χ4v) is 9.46. The predicted octanol–water partition coefficient (Wildman–Crippen LogP) is 14.3. The van der Waals surface area contributed by atoms with Crippen molar-refractivity contribution < 1.29 is 4.42 Å². The number of nitrogens with zero attached hydrogens (tertiary/aromatic N) is 4. The molecule has 0 aliphatic heterocycles. The highest BCUT2D eigenvalue weighted by Gasteiger charge is 2.35. The quantitative estimate of drug-likeness (QED) is 0.169. The number of aromatic nitrogens is 3. The van der Waals surface area contributed by atoms with Crippen LogP contribution in [0.25, 0.3) is 78.1 Å². The van der Waals surface area contributed by atoms with Crippen LogP contribution in [0.4, 0.5) is 17.1 Å². The molecule has 0 bridgehead atoms. The second-order valence-corrected chi connectivity index (χ2v) is 16.1. The summed E-state index contributed by atoms with van der Waals surface area (Å²) in [6.07, 6.45) is 0. The van der Waals surface area contributed by atoms with Gasteiger partial charge in [-0.05, 0) is 117 Å². The summed E-state index contributed by atoms with van der Waals surface area (Å²) in [6, 6.07) is 69.7. The molecule has 0 fully saturated rings. The third kappa shape index (κ3) is 5.08. The zero-order valence-corrected chi connectivity index (χ0v) is 32.7. The third-order valence-corrected chi connectivity index (χ3v) is 12.4. The monoisotopic (exact) mass is 758 g/mol. The van der Waals surface area contributed by atoms with Crippen molar-refractivity contribution in [3.05, 3.63) is 205 Å². The normalized spacial score (nSPS) is 13.1. The summed E-state index contributed by atoms with van der Waals surface area (Å²) >= 11 is 0. The first kappa shape index (κ1) is 33.5. The van der Waals surface area contributed by atoms with Crippen molar-refractivity contribution in [2.24, 2.45) is 0 Å². The molecular formula is C54H38N4O. The largest absolute Gasteiger partial charge is 0.436 e. The first-order valence-electron chi connectivity index (χ1n) is 20.2. The number of anilines is 3. The number of fused-ring (bicyclic) bond motifs is 10. The van der Waals surface area contributed by atoms with Crippen molar-refractivity contribution in [2.75, 3.05) is 4.90 Å². The van der Waals surface area contributed by atoms with E-state index in [1.54, 1.807) is 0 Å². The maximum atomic E-state index is 6.29. The SMILES string of the molecule is CC1(C)c2ccccc2-c2ccc(-c3ccc(N(c4ccc(-c5ccccc5)cc4)c4ccc5c(c4)n(-c4ccccc4)c4nc6oc7ccccc7c6n54)cc3)cc21. The molecule has 1 aliphatic carbocycles. The fourth-order valence-electron chi connectivity index (χ4n) is 9.46. The maximum absolute atomic E-state index is 6.29. The molecule has 0 atom stereocenters. The van der Waals surface area contributed by atoms with Crippen LogP contribution in [0.15, 0.2) is 199 Å². The molecule has 3 heterocycles. The molecule has 12 rings (SSSR count). The van der Waals surface area contributed by atoms with Gasteiger partial charge in [0.25, 0.3) is 0 Å². The fraction of sp³-hybridized carbons (Fsp3) is 0.0556. The molecule has 59 heavy (non-hydrogen) atoms. The van der Waals surface area contributed by atoms with Crippen LogP contribution in [0, 0.1) is 0 Å². The third-order valence-electron chi connectivity index (χ3n) is 12.4. The summed E-state index contributed by atoms with van der Waals surface area (Å²) in [5.74, 6) is 0.812. The van der Waals surface area contributed by atoms with Crippen LogP contribution in [0.1, 0.15) is 25.0 Å². The number of furan rings is 1. The zero-order chi connectivity index (χ0) is 39.2. The Morgan fingerprint density at radius 3 is 1.85 bits per heavy atom. The van der Waals surface area contributed by atoms with Crippen LogP contribution >= 0.6 is 0 Å². The van der Waals surface area contributed by atoms with E-state index in [4.69, 9.17) is 9.40 Å². The van der Waals surface area contributed by atoms with Crippen LogP contribution < -0.4 is 4.90 Å². The van der Waals surface area contributed by atoms with E-state index in [1.165, 1.54) is 44.5 Å². The molecule has 3 aromatic heterocycles. The van der Waals surface area contributed by atoms with Gasteiger partial charge in [-0.3, -0.25) is 8.97 Å². The second-order valence-electron chi connectivity index (χ2n) is 16.1. The van der Waals surface area contributed by atoms with Crippen LogP contribution in [0.2, 0.25) is 0 Å². The number of rotatable bonds is 6. The smallest absolute Gasteiger partial charge is 0.248 e. The Kier molecular flexibility index (Phi) is 7.20. The molecule has 5 nitrogen and oxygen atoms in total. The van der Waals surface area contributed by atoms with Crippen LogP contribution in [0.5, 0.6) is 0 Å². The first-order valence-corrected chi connectivity index (χ1v) is 20.2. The molecule has 280 valence electrons. The van der Waals surface area contributed by atoms with Gasteiger partial charge in [-0.15, -0.1) is 0 Å². The molecule has 5 heteroatoms. The van der Waals surface area contributed by atoms with Gasteiger partial charge < -0.3 is 9.32 Å². The minimum absolute atomic E-state index is 0.0568. The van der Waals surface area contributed by atoms with Gasteiger partial charge in [-0.2, -0.15) is 4.98 Å². The van der Waals surface area contributed by atoms with Gasteiger partial charge >= 0.3 is 0 Å². The Labute approximate surface area is 341 Å². The Morgan fingerprint density at radius 2 is 1.08 bits per heavy atom. The lowest BCUT2D eigenvalue weighted by Crippen LogP contribution is -2.14. The van der Waals surface area contributed by atoms with Crippen molar-refractivity contribution in [1.82, 2.24) is 14.0 Å². The lowest BCUT2D eigenvalue weighted by molar-refractivity contribution is 0.656. The van der Waals surface area contributed by atoms with E-state index in [0.717, 1.165) is 56.0 Å². The van der Waals surface area contributed by atoms with E-state index in [1.807, 2.05) is 12.1 Å². The van der Waals surface area contributed by atoms with Gasteiger partial charge in [0.1, 0.15) is 11.1 Å². The molecule has 0 N–H and O–H groups in total. The molecule has 11 aromatic rings. The Morgan fingerprint density at radius 1 is 0.492 bits per heavy atom. The van der Waals surface area contributed by atoms with E-state index in [0.29, 0.717) is 5.71 Å². The number of benzene rings is 8. The molecule has 0 radical (unpaired) electrons. The van der Waals surface area contributed by atoms with Crippen LogP contribution in [-0.4, -0.2) is 14.0 Å². The highest BCUT2D eigenvalue weighted by Crippen LogP contribution is 2.50. The van der Waals surface area contributed by atoms with Crippen molar-refractivity contribution in [3.8, 4) is 39.1 Å². The van der Waals surface area contributed by atoms with E-state index < -0.39 is 0 Å². The van der Waals surface area contributed by atoms with Crippen LogP contribution in [0.3, 0.4) is 0 Å². The summed E-state index contributed by atoms with van der Waals surface area (Å²) in [4.78, 5) is 7.48. The summed E-state index contributed by atoms with van der Waals surface area (Å²) in [5, 5.41) is 1.04. The minimum Gasteiger partial charge on any atom is -0.436 e. The summed E-state index contributed by atoms with van der Waals surface area (Å²) in [7, 11) is 0. The maximum Gasteiger partial charge on any atom is 0.248 e. The second kappa shape index (κ2) is 12.7. The summed E-state index contributed by atoms with van der Waals surface area (Å²) < 4.78 is 10.8.